The lowest BCUT2D eigenvalue weighted by atomic mass is 10.0. The van der Waals surface area contributed by atoms with Gasteiger partial charge in [-0.15, -0.1) is 0 Å². The lowest BCUT2D eigenvalue weighted by Crippen LogP contribution is -1.84. The highest BCUT2D eigenvalue weighted by atomic mass is 19.1. The molecule has 0 bridgehead atoms. The minimum absolute atomic E-state index is 0.581. The molecule has 0 radical (unpaired) electrons. The summed E-state index contributed by atoms with van der Waals surface area (Å²) in [4.78, 5) is 0. The largest absolute Gasteiger partial charge is 0.497 e. The van der Waals surface area contributed by atoms with Crippen molar-refractivity contribution in [3.8, 4) is 16.9 Å². The number of methoxy groups -OCH3 is 1. The number of allylic oxidation sites excluding steroid dienone is 1. The van der Waals surface area contributed by atoms with Gasteiger partial charge >= 0.3 is 0 Å². The number of halogens is 1. The first-order chi connectivity index (χ1) is 8.83. The molecule has 0 aromatic heterocycles. The molecule has 2 rings (SSSR count). The van der Waals surface area contributed by atoms with Gasteiger partial charge in [-0.1, -0.05) is 42.5 Å². The summed E-state index contributed by atoms with van der Waals surface area (Å²) in [6.45, 7) is 0. The first kappa shape index (κ1) is 12.4. The first-order valence-corrected chi connectivity index (χ1v) is 5.82. The van der Waals surface area contributed by atoms with Crippen molar-refractivity contribution < 1.29 is 9.13 Å². The molecule has 0 aliphatic heterocycles. The van der Waals surface area contributed by atoms with Crippen molar-refractivity contribution >= 4 is 0 Å². The number of rotatable bonds is 4. The van der Waals surface area contributed by atoms with Gasteiger partial charge in [0.2, 0.25) is 0 Å². The van der Waals surface area contributed by atoms with Gasteiger partial charge in [-0.25, -0.2) is 4.39 Å². The zero-order valence-electron chi connectivity index (χ0n) is 10.3. The van der Waals surface area contributed by atoms with Crippen LogP contribution in [0.15, 0.2) is 60.9 Å². The standard InChI is InChI=1S/C16H15FO/c1-18-16-10-8-15(9-11-16)14-6-4-13(5-7-14)3-2-12-17/h2,4-12H,3H2,1H3. The number of hydrogen-bond acceptors (Lipinski definition) is 1. The Bertz CT molecular complexity index is 512. The molecule has 0 atom stereocenters. The van der Waals surface area contributed by atoms with E-state index >= 15 is 0 Å². The van der Waals surface area contributed by atoms with E-state index in [1.807, 2.05) is 48.5 Å². The topological polar surface area (TPSA) is 9.23 Å². The van der Waals surface area contributed by atoms with E-state index in [2.05, 4.69) is 0 Å². The fraction of sp³-hybridized carbons (Fsp3) is 0.125. The highest BCUT2D eigenvalue weighted by Gasteiger charge is 1.98. The molecule has 2 heteroatoms. The predicted molar refractivity (Wildman–Crippen MR) is 72.4 cm³/mol. The Morgan fingerprint density at radius 3 is 2.00 bits per heavy atom. The zero-order chi connectivity index (χ0) is 12.8. The molecule has 0 fully saturated rings. The molecule has 2 aromatic rings. The van der Waals surface area contributed by atoms with Crippen LogP contribution in [-0.2, 0) is 6.42 Å². The van der Waals surface area contributed by atoms with Gasteiger partial charge in [-0.05, 0) is 35.2 Å². The fourth-order valence-corrected chi connectivity index (χ4v) is 1.80. The van der Waals surface area contributed by atoms with Crippen molar-refractivity contribution in [2.45, 2.75) is 6.42 Å². The lowest BCUT2D eigenvalue weighted by molar-refractivity contribution is 0.415. The van der Waals surface area contributed by atoms with E-state index in [0.717, 1.165) is 22.4 Å². The summed E-state index contributed by atoms with van der Waals surface area (Å²) in [5.41, 5.74) is 3.38. The van der Waals surface area contributed by atoms with E-state index in [1.165, 1.54) is 6.08 Å². The molecule has 0 N–H and O–H groups in total. The quantitative estimate of drug-likeness (QED) is 0.772. The Hall–Kier alpha value is -2.09. The maximum absolute atomic E-state index is 11.9. The molecule has 2 aromatic carbocycles. The van der Waals surface area contributed by atoms with Gasteiger partial charge in [0.15, 0.2) is 0 Å². The van der Waals surface area contributed by atoms with Crippen LogP contribution in [-0.4, -0.2) is 7.11 Å². The van der Waals surface area contributed by atoms with Crippen molar-refractivity contribution in [1.29, 1.82) is 0 Å². The van der Waals surface area contributed by atoms with Crippen LogP contribution in [0.1, 0.15) is 5.56 Å². The molecule has 0 saturated carbocycles. The van der Waals surface area contributed by atoms with E-state index in [1.54, 1.807) is 7.11 Å². The van der Waals surface area contributed by atoms with Gasteiger partial charge in [0.1, 0.15) is 5.75 Å². The van der Waals surface area contributed by atoms with E-state index in [0.29, 0.717) is 12.8 Å². The molecule has 0 amide bonds. The third-order valence-electron chi connectivity index (χ3n) is 2.82. The lowest BCUT2D eigenvalue weighted by Gasteiger charge is -2.04. The Kier molecular flexibility index (Phi) is 4.13. The predicted octanol–water partition coefficient (Wildman–Crippen LogP) is 4.39. The second-order valence-electron chi connectivity index (χ2n) is 3.99. The SMILES string of the molecule is COc1ccc(-c2ccc(CC=CF)cc2)cc1. The van der Waals surface area contributed by atoms with Crippen LogP contribution in [0, 0.1) is 0 Å². The summed E-state index contributed by atoms with van der Waals surface area (Å²) < 4.78 is 17.0. The van der Waals surface area contributed by atoms with Gasteiger partial charge in [-0.2, -0.15) is 0 Å². The summed E-state index contributed by atoms with van der Waals surface area (Å²) in [6, 6.07) is 16.0. The van der Waals surface area contributed by atoms with E-state index in [9.17, 15) is 4.39 Å². The summed E-state index contributed by atoms with van der Waals surface area (Å²) in [5.74, 6) is 0.850. The van der Waals surface area contributed by atoms with Crippen molar-refractivity contribution in [3.05, 3.63) is 66.5 Å². The summed E-state index contributed by atoms with van der Waals surface area (Å²) >= 11 is 0. The molecule has 92 valence electrons. The molecule has 0 aliphatic carbocycles. The molecule has 18 heavy (non-hydrogen) atoms. The van der Waals surface area contributed by atoms with Gasteiger partial charge in [0.05, 0.1) is 13.4 Å². The normalized spacial score (nSPS) is 10.8. The van der Waals surface area contributed by atoms with Gasteiger partial charge in [-0.3, -0.25) is 0 Å². The maximum atomic E-state index is 11.9. The third kappa shape index (κ3) is 2.98. The number of ether oxygens (including phenoxy) is 1. The van der Waals surface area contributed by atoms with Gasteiger partial charge < -0.3 is 4.74 Å². The molecular weight excluding hydrogens is 227 g/mol. The van der Waals surface area contributed by atoms with Crippen molar-refractivity contribution in [2.75, 3.05) is 7.11 Å². The minimum atomic E-state index is 0.581. The van der Waals surface area contributed by atoms with Gasteiger partial charge in [0, 0.05) is 0 Å². The van der Waals surface area contributed by atoms with Crippen LogP contribution in [0.5, 0.6) is 5.75 Å². The molecule has 0 unspecified atom stereocenters. The molecule has 1 nitrogen and oxygen atoms in total. The molecule has 0 spiro atoms. The summed E-state index contributed by atoms with van der Waals surface area (Å²) in [6.07, 6.45) is 2.71. The number of benzene rings is 2. The van der Waals surface area contributed by atoms with Crippen molar-refractivity contribution in [3.63, 3.8) is 0 Å². The van der Waals surface area contributed by atoms with Crippen LogP contribution in [0.3, 0.4) is 0 Å². The first-order valence-electron chi connectivity index (χ1n) is 5.82. The average Bonchev–Trinajstić information content (AvgIpc) is 2.46. The van der Waals surface area contributed by atoms with Crippen LogP contribution >= 0.6 is 0 Å². The molecule has 0 saturated heterocycles. The number of hydrogen-bond donors (Lipinski definition) is 0. The molecular formula is C16H15FO. The van der Waals surface area contributed by atoms with Crippen LogP contribution in [0.25, 0.3) is 11.1 Å². The van der Waals surface area contributed by atoms with Crippen LogP contribution < -0.4 is 4.74 Å². The van der Waals surface area contributed by atoms with E-state index in [4.69, 9.17) is 4.74 Å². The highest BCUT2D eigenvalue weighted by molar-refractivity contribution is 5.64. The highest BCUT2D eigenvalue weighted by Crippen LogP contribution is 2.22. The Morgan fingerprint density at radius 2 is 1.50 bits per heavy atom. The smallest absolute Gasteiger partial charge is 0.118 e. The Balaban J connectivity index is 2.17. The Morgan fingerprint density at radius 1 is 0.944 bits per heavy atom. The van der Waals surface area contributed by atoms with Crippen molar-refractivity contribution in [2.24, 2.45) is 0 Å². The van der Waals surface area contributed by atoms with Gasteiger partial charge in [0.25, 0.3) is 0 Å². The average molecular weight is 242 g/mol. The van der Waals surface area contributed by atoms with E-state index in [-0.39, 0.29) is 0 Å². The fourth-order valence-electron chi connectivity index (χ4n) is 1.80. The second kappa shape index (κ2) is 6.01. The van der Waals surface area contributed by atoms with Crippen molar-refractivity contribution in [1.82, 2.24) is 0 Å². The monoisotopic (exact) mass is 242 g/mol. The maximum Gasteiger partial charge on any atom is 0.118 e. The Labute approximate surface area is 107 Å². The second-order valence-corrected chi connectivity index (χ2v) is 3.99. The summed E-state index contributed by atoms with van der Waals surface area (Å²) in [7, 11) is 1.65. The van der Waals surface area contributed by atoms with Crippen LogP contribution in [0.4, 0.5) is 4.39 Å². The van der Waals surface area contributed by atoms with Crippen LogP contribution in [0.2, 0.25) is 0 Å². The third-order valence-corrected chi connectivity index (χ3v) is 2.82. The summed E-state index contributed by atoms with van der Waals surface area (Å²) in [5, 5.41) is 0. The zero-order valence-corrected chi connectivity index (χ0v) is 10.3. The molecule has 0 heterocycles. The van der Waals surface area contributed by atoms with E-state index < -0.39 is 0 Å². The minimum Gasteiger partial charge on any atom is -0.497 e. The molecule has 0 aliphatic rings.